The number of hydrogen-bond acceptors (Lipinski definition) is 1. The van der Waals surface area contributed by atoms with Gasteiger partial charge in [-0.2, -0.15) is 0 Å². The average Bonchev–Trinajstić information content (AvgIpc) is 2.64. The molecule has 1 nitrogen and oxygen atoms in total. The van der Waals surface area contributed by atoms with E-state index in [9.17, 15) is 0 Å². The van der Waals surface area contributed by atoms with Crippen LogP contribution >= 0.6 is 0 Å². The molecule has 0 heterocycles. The molecule has 0 aromatic rings. The number of hydrogen-bond donors (Lipinski definition) is 1. The van der Waals surface area contributed by atoms with Crippen LogP contribution in [-0.2, 0) is 0 Å². The highest BCUT2D eigenvalue weighted by atomic mass is 14.9. The minimum Gasteiger partial charge on any atom is -0.317 e. The van der Waals surface area contributed by atoms with Gasteiger partial charge in [-0.05, 0) is 38.1 Å². The quantitative estimate of drug-likeness (QED) is 0.637. The summed E-state index contributed by atoms with van der Waals surface area (Å²) in [7, 11) is 2.07. The van der Waals surface area contributed by atoms with Gasteiger partial charge in [-0.25, -0.2) is 0 Å². The number of nitrogens with one attached hydrogen (secondary N) is 1. The van der Waals surface area contributed by atoms with Gasteiger partial charge in [0, 0.05) is 7.47 Å². The van der Waals surface area contributed by atoms with Crippen molar-refractivity contribution in [2.24, 2.45) is 5.41 Å². The first-order chi connectivity index (χ1) is 4.70. The summed E-state index contributed by atoms with van der Waals surface area (Å²) in [4.78, 5) is 0. The molecule has 1 atom stereocenters. The molecule has 1 fully saturated rings. The van der Waals surface area contributed by atoms with E-state index in [0.29, 0.717) is 5.41 Å². The van der Waals surface area contributed by atoms with Crippen LogP contribution in [0.4, 0.5) is 0 Å². The third-order valence-electron chi connectivity index (χ3n) is 2.74. The Morgan fingerprint density at radius 1 is 1.60 bits per heavy atom. The minimum absolute atomic E-state index is 0. The minimum atomic E-state index is 0. The highest BCUT2D eigenvalue weighted by Gasteiger charge is 2.38. The Bertz CT molecular complexity index is 106. The Labute approximate surface area is 65.7 Å². The van der Waals surface area contributed by atoms with Crippen LogP contribution < -0.4 is 5.32 Å². The Morgan fingerprint density at radius 3 is 2.50 bits per heavy atom. The first-order valence-corrected chi connectivity index (χ1v) is 4.37. The van der Waals surface area contributed by atoms with Crippen LogP contribution in [-0.4, -0.2) is 13.1 Å². The van der Waals surface area contributed by atoms with E-state index in [4.69, 9.17) is 0 Å². The fourth-order valence-corrected chi connectivity index (χ4v) is 1.46. The van der Waals surface area contributed by atoms with E-state index >= 15 is 0 Å². The molecule has 1 aliphatic rings. The zero-order valence-electron chi connectivity index (χ0n) is 7.41. The van der Waals surface area contributed by atoms with Crippen LogP contribution in [0.15, 0.2) is 0 Å². The average molecular weight is 143 g/mol. The fraction of sp³-hybridized carbons (Fsp3) is 1.00. The predicted molar refractivity (Wildman–Crippen MR) is 47.2 cm³/mol. The van der Waals surface area contributed by atoms with Crippen molar-refractivity contribution in [1.29, 1.82) is 0 Å². The maximum atomic E-state index is 3.35. The van der Waals surface area contributed by atoms with E-state index in [0.717, 1.165) is 6.04 Å². The molecule has 1 aliphatic carbocycles. The van der Waals surface area contributed by atoms with Crippen molar-refractivity contribution in [2.75, 3.05) is 7.05 Å². The topological polar surface area (TPSA) is 12.0 Å². The van der Waals surface area contributed by atoms with Gasteiger partial charge in [-0.15, -0.1) is 0 Å². The molecule has 1 heteroatoms. The molecule has 1 N–H and O–H groups in total. The highest BCUT2D eigenvalue weighted by Crippen LogP contribution is 2.49. The Hall–Kier alpha value is -0.0400. The van der Waals surface area contributed by atoms with E-state index in [-0.39, 0.29) is 1.43 Å². The summed E-state index contributed by atoms with van der Waals surface area (Å²) < 4.78 is 0. The van der Waals surface area contributed by atoms with Crippen LogP contribution in [0.5, 0.6) is 0 Å². The third kappa shape index (κ3) is 1.98. The molecule has 62 valence electrons. The van der Waals surface area contributed by atoms with Gasteiger partial charge in [-0.1, -0.05) is 13.8 Å². The summed E-state index contributed by atoms with van der Waals surface area (Å²) in [5.41, 5.74) is 0.712. The van der Waals surface area contributed by atoms with Gasteiger partial charge in [0.05, 0.1) is 0 Å². The van der Waals surface area contributed by atoms with Crippen LogP contribution in [0.25, 0.3) is 0 Å². The van der Waals surface area contributed by atoms with Crippen molar-refractivity contribution in [2.45, 2.75) is 45.6 Å². The third-order valence-corrected chi connectivity index (χ3v) is 2.74. The van der Waals surface area contributed by atoms with E-state index in [2.05, 4.69) is 26.2 Å². The van der Waals surface area contributed by atoms with Crippen molar-refractivity contribution in [3.8, 4) is 0 Å². The van der Waals surface area contributed by atoms with Crippen molar-refractivity contribution < 1.29 is 1.43 Å². The summed E-state index contributed by atoms with van der Waals surface area (Å²) in [6.45, 7) is 4.65. The van der Waals surface area contributed by atoms with Gasteiger partial charge >= 0.3 is 0 Å². The van der Waals surface area contributed by atoms with Crippen LogP contribution in [0.1, 0.15) is 41.0 Å². The second kappa shape index (κ2) is 2.91. The Morgan fingerprint density at radius 2 is 2.20 bits per heavy atom. The molecule has 0 aliphatic heterocycles. The second-order valence-electron chi connectivity index (χ2n) is 3.91. The van der Waals surface area contributed by atoms with E-state index < -0.39 is 0 Å². The van der Waals surface area contributed by atoms with Crippen LogP contribution in [0.2, 0.25) is 0 Å². The second-order valence-corrected chi connectivity index (χ2v) is 3.91. The van der Waals surface area contributed by atoms with Gasteiger partial charge in [-0.3, -0.25) is 0 Å². The summed E-state index contributed by atoms with van der Waals surface area (Å²) in [5, 5.41) is 3.35. The van der Waals surface area contributed by atoms with Crippen LogP contribution in [0, 0.1) is 5.41 Å². The standard InChI is InChI=1S/C9H19N.H2/c1-4-8(10-3)7-9(2)5-6-9;/h8,10H,4-7H2,1-3H3;1H. The lowest BCUT2D eigenvalue weighted by molar-refractivity contribution is 0.398. The number of rotatable bonds is 4. The van der Waals surface area contributed by atoms with Crippen molar-refractivity contribution in [1.82, 2.24) is 5.32 Å². The van der Waals surface area contributed by atoms with Gasteiger partial charge < -0.3 is 5.32 Å². The molecule has 0 aromatic heterocycles. The lowest BCUT2D eigenvalue weighted by Crippen LogP contribution is -2.26. The smallest absolute Gasteiger partial charge is 0.00666 e. The lowest BCUT2D eigenvalue weighted by atomic mass is 9.98. The van der Waals surface area contributed by atoms with Crippen molar-refractivity contribution in [3.05, 3.63) is 0 Å². The van der Waals surface area contributed by atoms with Gasteiger partial charge in [0.25, 0.3) is 0 Å². The van der Waals surface area contributed by atoms with Crippen LogP contribution in [0.3, 0.4) is 0 Å². The predicted octanol–water partition coefficient (Wildman–Crippen LogP) is 2.42. The molecule has 0 amide bonds. The zero-order chi connectivity index (χ0) is 7.61. The van der Waals surface area contributed by atoms with Crippen molar-refractivity contribution >= 4 is 0 Å². The molecule has 0 aromatic carbocycles. The first kappa shape index (κ1) is 8.06. The lowest BCUT2D eigenvalue weighted by Gasteiger charge is -2.17. The maximum absolute atomic E-state index is 3.35. The molecule has 1 rings (SSSR count). The normalized spacial score (nSPS) is 24.3. The van der Waals surface area contributed by atoms with E-state index in [1.165, 1.54) is 25.7 Å². The van der Waals surface area contributed by atoms with Gasteiger partial charge in [0.2, 0.25) is 0 Å². The highest BCUT2D eigenvalue weighted by molar-refractivity contribution is 4.91. The summed E-state index contributed by atoms with van der Waals surface area (Å²) in [5.74, 6) is 0. The van der Waals surface area contributed by atoms with E-state index in [1.54, 1.807) is 0 Å². The molecular formula is C9H21N. The monoisotopic (exact) mass is 143 g/mol. The first-order valence-electron chi connectivity index (χ1n) is 4.37. The molecule has 10 heavy (non-hydrogen) atoms. The molecular weight excluding hydrogens is 122 g/mol. The molecule has 0 saturated heterocycles. The largest absolute Gasteiger partial charge is 0.317 e. The zero-order valence-corrected chi connectivity index (χ0v) is 7.41. The molecule has 0 spiro atoms. The van der Waals surface area contributed by atoms with Crippen molar-refractivity contribution in [3.63, 3.8) is 0 Å². The molecule has 1 unspecified atom stereocenters. The fourth-order valence-electron chi connectivity index (χ4n) is 1.46. The summed E-state index contributed by atoms with van der Waals surface area (Å²) in [6.07, 6.45) is 5.54. The molecule has 0 bridgehead atoms. The maximum Gasteiger partial charge on any atom is 0.00666 e. The molecule has 0 radical (unpaired) electrons. The summed E-state index contributed by atoms with van der Waals surface area (Å²) in [6, 6.07) is 0.757. The SMILES string of the molecule is CCC(CC1(C)CC1)NC.[HH]. The van der Waals surface area contributed by atoms with E-state index in [1.807, 2.05) is 0 Å². The molecule has 1 saturated carbocycles. The van der Waals surface area contributed by atoms with Gasteiger partial charge in [0.1, 0.15) is 0 Å². The summed E-state index contributed by atoms with van der Waals surface area (Å²) >= 11 is 0. The Balaban J connectivity index is 0.000001000. The van der Waals surface area contributed by atoms with Gasteiger partial charge in [0.15, 0.2) is 0 Å². The Kier molecular flexibility index (Phi) is 2.35.